The highest BCUT2D eigenvalue weighted by atomic mass is 16.1. The molecule has 2 atom stereocenters. The van der Waals surface area contributed by atoms with Crippen molar-refractivity contribution in [1.82, 2.24) is 0 Å². The van der Waals surface area contributed by atoms with Crippen molar-refractivity contribution in [2.75, 3.05) is 0 Å². The molecule has 1 heteroatoms. The number of benzene rings is 1. The van der Waals surface area contributed by atoms with Gasteiger partial charge in [0.1, 0.15) is 0 Å². The molecule has 4 aliphatic carbocycles. The molecule has 0 aromatic heterocycles. The topological polar surface area (TPSA) is 17.1 Å². The first kappa shape index (κ1) is 10.8. The lowest BCUT2D eigenvalue weighted by atomic mass is 9.66. The molecule has 1 aromatic rings. The fourth-order valence-electron chi connectivity index (χ4n) is 5.26. The molecule has 0 radical (unpaired) electrons. The van der Waals surface area contributed by atoms with Crippen molar-refractivity contribution in [3.63, 3.8) is 0 Å². The van der Waals surface area contributed by atoms with E-state index in [1.807, 2.05) is 30.3 Å². The van der Waals surface area contributed by atoms with Crippen LogP contribution >= 0.6 is 0 Å². The standard InChI is InChI=1S/C17H20O/c18-16(13-4-2-1-3-5-13)11-17-8-12-6-14(9-17)15(7-12)10-17/h1-5,12,14-15H,6-11H2. The second-order valence-electron chi connectivity index (χ2n) is 6.94. The van der Waals surface area contributed by atoms with Crippen LogP contribution in [0.3, 0.4) is 0 Å². The lowest BCUT2D eigenvalue weighted by Gasteiger charge is -2.38. The van der Waals surface area contributed by atoms with Crippen molar-refractivity contribution < 1.29 is 4.79 Å². The molecule has 4 fully saturated rings. The molecule has 0 heterocycles. The van der Waals surface area contributed by atoms with Crippen LogP contribution in [-0.2, 0) is 0 Å². The minimum Gasteiger partial charge on any atom is -0.294 e. The number of hydrogen-bond acceptors (Lipinski definition) is 1. The van der Waals surface area contributed by atoms with E-state index in [9.17, 15) is 4.79 Å². The summed E-state index contributed by atoms with van der Waals surface area (Å²) in [4.78, 5) is 12.4. The maximum absolute atomic E-state index is 12.4. The second-order valence-corrected chi connectivity index (χ2v) is 6.94. The van der Waals surface area contributed by atoms with Crippen LogP contribution in [0.15, 0.2) is 30.3 Å². The Kier molecular flexibility index (Phi) is 2.21. The summed E-state index contributed by atoms with van der Waals surface area (Å²) < 4.78 is 0. The Labute approximate surface area is 109 Å². The van der Waals surface area contributed by atoms with Gasteiger partial charge >= 0.3 is 0 Å². The maximum atomic E-state index is 12.4. The molecule has 0 spiro atoms. The molecule has 4 aliphatic rings. The van der Waals surface area contributed by atoms with Gasteiger partial charge < -0.3 is 0 Å². The molecule has 0 amide bonds. The Morgan fingerprint density at radius 1 is 1.06 bits per heavy atom. The zero-order valence-corrected chi connectivity index (χ0v) is 10.8. The van der Waals surface area contributed by atoms with Gasteiger partial charge in [0, 0.05) is 12.0 Å². The monoisotopic (exact) mass is 240 g/mol. The van der Waals surface area contributed by atoms with E-state index in [4.69, 9.17) is 0 Å². The Hall–Kier alpha value is -1.11. The maximum Gasteiger partial charge on any atom is 0.163 e. The van der Waals surface area contributed by atoms with Crippen molar-refractivity contribution >= 4 is 5.78 Å². The summed E-state index contributed by atoms with van der Waals surface area (Å²) in [7, 11) is 0. The van der Waals surface area contributed by atoms with E-state index >= 15 is 0 Å². The molecule has 18 heavy (non-hydrogen) atoms. The second kappa shape index (κ2) is 3.69. The van der Waals surface area contributed by atoms with Gasteiger partial charge in [0.25, 0.3) is 0 Å². The number of hydrogen-bond donors (Lipinski definition) is 0. The quantitative estimate of drug-likeness (QED) is 0.727. The average molecular weight is 240 g/mol. The van der Waals surface area contributed by atoms with Crippen LogP contribution in [-0.4, -0.2) is 5.78 Å². The Balaban J connectivity index is 1.54. The van der Waals surface area contributed by atoms with Crippen LogP contribution in [0.4, 0.5) is 0 Å². The zero-order valence-electron chi connectivity index (χ0n) is 10.8. The first-order valence-electron chi connectivity index (χ1n) is 7.32. The summed E-state index contributed by atoms with van der Waals surface area (Å²) in [6.45, 7) is 0. The largest absolute Gasteiger partial charge is 0.294 e. The normalized spacial score (nSPS) is 40.3. The highest BCUT2D eigenvalue weighted by Crippen LogP contribution is 2.65. The molecule has 0 N–H and O–H groups in total. The van der Waals surface area contributed by atoms with Crippen LogP contribution in [0.5, 0.6) is 0 Å². The lowest BCUT2D eigenvalue weighted by molar-refractivity contribution is 0.0807. The molecule has 1 nitrogen and oxygen atoms in total. The minimum absolute atomic E-state index is 0.373. The van der Waals surface area contributed by atoms with Crippen LogP contribution < -0.4 is 0 Å². The number of ketones is 1. The molecular weight excluding hydrogens is 220 g/mol. The number of carbonyl (C=O) groups is 1. The van der Waals surface area contributed by atoms with Crippen LogP contribution in [0.25, 0.3) is 0 Å². The summed E-state index contributed by atoms with van der Waals surface area (Å²) in [5.74, 6) is 3.25. The summed E-state index contributed by atoms with van der Waals surface area (Å²) in [5.41, 5.74) is 1.30. The third-order valence-electron chi connectivity index (χ3n) is 5.68. The highest BCUT2D eigenvalue weighted by Gasteiger charge is 2.56. The summed E-state index contributed by atoms with van der Waals surface area (Å²) in [6.07, 6.45) is 7.75. The molecule has 2 unspecified atom stereocenters. The van der Waals surface area contributed by atoms with Crippen molar-refractivity contribution in [1.29, 1.82) is 0 Å². The molecule has 0 saturated heterocycles. The molecule has 1 aromatic carbocycles. The predicted molar refractivity (Wildman–Crippen MR) is 71.4 cm³/mol. The van der Waals surface area contributed by atoms with E-state index in [2.05, 4.69) is 0 Å². The Morgan fingerprint density at radius 2 is 1.72 bits per heavy atom. The third kappa shape index (κ3) is 1.56. The highest BCUT2D eigenvalue weighted by molar-refractivity contribution is 5.96. The Bertz CT molecular complexity index is 456. The van der Waals surface area contributed by atoms with E-state index in [1.54, 1.807) is 0 Å². The fraction of sp³-hybridized carbons (Fsp3) is 0.588. The fourth-order valence-corrected chi connectivity index (χ4v) is 5.26. The average Bonchev–Trinajstić information content (AvgIpc) is 2.77. The molecule has 94 valence electrons. The van der Waals surface area contributed by atoms with E-state index < -0.39 is 0 Å². The molecular formula is C17H20O. The van der Waals surface area contributed by atoms with Gasteiger partial charge in [-0.1, -0.05) is 30.3 Å². The molecule has 5 rings (SSSR count). The Morgan fingerprint density at radius 3 is 2.33 bits per heavy atom. The number of rotatable bonds is 3. The van der Waals surface area contributed by atoms with Crippen LogP contribution in [0.2, 0.25) is 0 Å². The van der Waals surface area contributed by atoms with Crippen molar-refractivity contribution in [3.8, 4) is 0 Å². The summed E-state index contributed by atoms with van der Waals surface area (Å²) >= 11 is 0. The van der Waals surface area contributed by atoms with Gasteiger partial charge in [-0.25, -0.2) is 0 Å². The van der Waals surface area contributed by atoms with E-state index in [0.717, 1.165) is 29.7 Å². The van der Waals surface area contributed by atoms with Gasteiger partial charge in [-0.05, 0) is 55.3 Å². The molecule has 4 bridgehead atoms. The van der Waals surface area contributed by atoms with Gasteiger partial charge in [-0.3, -0.25) is 4.79 Å². The smallest absolute Gasteiger partial charge is 0.163 e. The SMILES string of the molecule is O=C(CC12CC3CC(C1)C(C3)C2)c1ccccc1. The lowest BCUT2D eigenvalue weighted by Crippen LogP contribution is -2.29. The van der Waals surface area contributed by atoms with Crippen molar-refractivity contribution in [2.24, 2.45) is 23.2 Å². The van der Waals surface area contributed by atoms with E-state index in [1.165, 1.54) is 32.1 Å². The van der Waals surface area contributed by atoms with Gasteiger partial charge in [0.15, 0.2) is 5.78 Å². The third-order valence-corrected chi connectivity index (χ3v) is 5.68. The summed E-state index contributed by atoms with van der Waals surface area (Å²) in [6, 6.07) is 9.86. The summed E-state index contributed by atoms with van der Waals surface area (Å²) in [5, 5.41) is 0. The van der Waals surface area contributed by atoms with E-state index in [-0.39, 0.29) is 0 Å². The van der Waals surface area contributed by atoms with Crippen LogP contribution in [0, 0.1) is 23.2 Å². The van der Waals surface area contributed by atoms with E-state index in [0.29, 0.717) is 11.2 Å². The number of Topliss-reactive ketones (excluding diaryl/α,β-unsaturated/α-hetero) is 1. The van der Waals surface area contributed by atoms with Gasteiger partial charge in [-0.2, -0.15) is 0 Å². The number of carbonyl (C=O) groups excluding carboxylic acids is 1. The first-order chi connectivity index (χ1) is 8.74. The van der Waals surface area contributed by atoms with Crippen molar-refractivity contribution in [2.45, 2.75) is 38.5 Å². The molecule has 0 aliphatic heterocycles. The molecule has 4 saturated carbocycles. The first-order valence-corrected chi connectivity index (χ1v) is 7.32. The van der Waals surface area contributed by atoms with Gasteiger partial charge in [-0.15, -0.1) is 0 Å². The predicted octanol–water partition coefficient (Wildman–Crippen LogP) is 4.09. The van der Waals surface area contributed by atoms with Gasteiger partial charge in [0.2, 0.25) is 0 Å². The van der Waals surface area contributed by atoms with Gasteiger partial charge in [0.05, 0.1) is 0 Å². The van der Waals surface area contributed by atoms with Crippen LogP contribution in [0.1, 0.15) is 48.9 Å². The zero-order chi connectivity index (χ0) is 12.2. The van der Waals surface area contributed by atoms with Crippen molar-refractivity contribution in [3.05, 3.63) is 35.9 Å². The minimum atomic E-state index is 0.373.